The maximum absolute atomic E-state index is 13.1. The first kappa shape index (κ1) is 39.1. The van der Waals surface area contributed by atoms with E-state index >= 15 is 0 Å². The van der Waals surface area contributed by atoms with Gasteiger partial charge in [-0.2, -0.15) is 0 Å². The first-order valence-corrected chi connectivity index (χ1v) is 23.6. The van der Waals surface area contributed by atoms with Crippen LogP contribution >= 0.6 is 12.3 Å². The van der Waals surface area contributed by atoms with Gasteiger partial charge in [0.25, 0.3) is 35.0 Å². The molecule has 0 spiro atoms. The lowest BCUT2D eigenvalue weighted by Crippen LogP contribution is -2.54. The number of nitrogen functional groups attached to an aromatic ring is 1. The molecule has 4 saturated heterocycles. The van der Waals surface area contributed by atoms with E-state index in [1.54, 1.807) is 46.9 Å². The third kappa shape index (κ3) is 12.6. The summed E-state index contributed by atoms with van der Waals surface area (Å²) < 4.78 is 184. The van der Waals surface area contributed by atoms with Crippen LogP contribution in [0.25, 0.3) is 0 Å². The summed E-state index contributed by atoms with van der Waals surface area (Å²) in [6, 6.07) is -9.90. The smallest absolute Gasteiger partial charge is 0.353 e. The highest BCUT2D eigenvalue weighted by Gasteiger charge is 2.50. The first-order valence-electron chi connectivity index (χ1n) is 35.4. The molecule has 0 unspecified atom stereocenters. The van der Waals surface area contributed by atoms with E-state index < -0.39 is 190 Å². The van der Waals surface area contributed by atoms with Crippen molar-refractivity contribution in [2.75, 3.05) is 12.8 Å². The molecule has 3 aromatic rings. The number of fused-ring (bicyclic) bond motifs is 3. The molecule has 0 radical (unpaired) electrons. The van der Waals surface area contributed by atoms with Gasteiger partial charge < -0.3 is 15.8 Å². The Bertz CT molecular complexity index is 4640. The van der Waals surface area contributed by atoms with E-state index in [0.717, 1.165) is 14.0 Å². The van der Waals surface area contributed by atoms with Gasteiger partial charge >= 0.3 is 11.9 Å². The number of nitro groups is 2. The van der Waals surface area contributed by atoms with Gasteiger partial charge in [0.2, 0.25) is 47.3 Å². The average molecular weight is 1230 g/mol. The van der Waals surface area contributed by atoms with Crippen molar-refractivity contribution in [1.82, 2.24) is 36.4 Å². The number of nitro benzene ring substituents is 2. The van der Waals surface area contributed by atoms with Gasteiger partial charge in [-0.1, -0.05) is 6.92 Å². The number of carbonyl (C=O) groups is 14. The number of amides is 12. The largest absolute Gasteiger partial charge is 0.398 e. The molecular weight excluding hydrogens is 1140 g/mol. The Morgan fingerprint density at radius 1 is 0.529 bits per heavy atom. The van der Waals surface area contributed by atoms with Crippen molar-refractivity contribution in [3.05, 3.63) is 104 Å². The molecule has 452 valence electrons. The summed E-state index contributed by atoms with van der Waals surface area (Å²) >= 11 is 3.89. The number of cyclic esters (lactones) is 2. The predicted octanol–water partition coefficient (Wildman–Crippen LogP) is 2.84. The normalized spacial score (nSPS) is 32.8. The Morgan fingerprint density at radius 2 is 0.894 bits per heavy atom. The van der Waals surface area contributed by atoms with E-state index in [1.807, 2.05) is 0 Å². The number of imide groups is 6. The van der Waals surface area contributed by atoms with Crippen molar-refractivity contribution >= 4 is 112 Å². The molecule has 7 N–H and O–H groups in total. The summed E-state index contributed by atoms with van der Waals surface area (Å²) in [6.07, 6.45) is -26.5. The van der Waals surface area contributed by atoms with Crippen LogP contribution in [-0.4, -0.2) is 129 Å². The standard InChI is InChI=1S/C16H15N3O6.C16H17N3O4.C11H9NO5.C6H10N2O2.C6H9NO2.ClH/c1-6-7(2)11-12(13(8(6)3)19(24)25)16(23)18(15(11)22)9-4-5-10(20)17-14(9)21;1-6-7(2)11-12(13(17)8(6)3)16(23)19(15(11)22)9-4-5-10(20)18-14(9)21;1-4-5(2)7-8(11(14)17-10(7)13)9(6(4)3)12(15)16;1-7-4-2-3-5(9)8-6(4)10;1-4-2-3-5(8)7-6(4)9;/h9H,4-5H2,1-3H3,(H,17,20,21);9H,4-5,17H2,1-3H3,(H,18,20,21);1-3H3;4,7H,2-3H2,1H3,(H,8,9,10);4H,2-3H2,1H3,(H,7,8,9);1H/t2*9-;;2*4-;/m00.00./s1/i2*4D2,5D2,9D;;2*2D2,3D2,4D;/hD4. The molecule has 3 aromatic carbocycles. The zero-order valence-corrected chi connectivity index (χ0v) is 46.6. The SMILES string of the molecule is Cc1c(C)c2c(c([N+](=O)[O-])c1C)C(=O)OC2=O.[2H]C1([2H])C(=O)NC(=O)[C@@]([2H])(N2C(=O)c3c(C)c(C)c(C)c(N)c3C2=O)C1([2H])[2H].[2H]C1([2H])C(=O)NC(=O)[C@@]([2H])(N2C(=O)c3c(C)c(C)c(C)c([N+](=O)[O-])c3C2=O)C1([2H])[2H].[2H]Cl.[2H]N1C(=O)C([2H])([2H])C([2H])([2H])[C@]([2H])(C)C1=O.[2H]N1C(=O)C([2H])([2H])C([2H])([2H])[C@]([2H])(N([2H])C)C1=O. The molecule has 0 bridgehead atoms. The number of ether oxygens (including phenoxy) is 1. The monoisotopic (exact) mass is 1220 g/mol. The number of carbonyl (C=O) groups excluding carboxylic acids is 14. The van der Waals surface area contributed by atoms with Crippen LogP contribution < -0.4 is 32.3 Å². The lowest BCUT2D eigenvalue weighted by atomic mass is 9.93. The fourth-order valence-electron chi connectivity index (χ4n) is 8.50. The summed E-state index contributed by atoms with van der Waals surface area (Å²) in [5.41, 5.74) is 6.67. The number of likely N-dealkylation sites (N-methyl/N-ethyl adjacent to an activating group) is 1. The lowest BCUT2D eigenvalue weighted by molar-refractivity contribution is -0.385. The van der Waals surface area contributed by atoms with E-state index in [9.17, 15) is 87.4 Å². The minimum absolute atomic E-state index is 0.0183. The molecule has 29 nitrogen and oxygen atoms in total. The van der Waals surface area contributed by atoms with E-state index in [1.165, 1.54) is 26.1 Å². The number of nitrogens with two attached hydrogens (primary N) is 1. The van der Waals surface area contributed by atoms with Gasteiger partial charge in [-0.15, -0.1) is 12.3 Å². The third-order valence-corrected chi connectivity index (χ3v) is 13.5. The van der Waals surface area contributed by atoms with Crippen LogP contribution in [0.4, 0.5) is 17.1 Å². The predicted molar refractivity (Wildman–Crippen MR) is 297 cm³/mol. The Balaban J connectivity index is 0.000000250. The quantitative estimate of drug-likeness (QED) is 0.0534. The Kier molecular flexibility index (Phi) is 11.9. The highest BCUT2D eigenvalue weighted by molar-refractivity contribution is 6.27. The molecule has 0 saturated carbocycles. The molecule has 30 heteroatoms. The summed E-state index contributed by atoms with van der Waals surface area (Å²) in [4.78, 5) is 190. The summed E-state index contributed by atoms with van der Waals surface area (Å²) in [5, 5.41) is 25.0. The van der Waals surface area contributed by atoms with E-state index in [0.29, 0.717) is 38.9 Å². The van der Waals surface area contributed by atoms with Gasteiger partial charge in [0.05, 0.1) is 42.2 Å². The zero-order valence-electron chi connectivity index (χ0n) is 69.8. The summed E-state index contributed by atoms with van der Waals surface area (Å²) in [7, 11) is 0.877. The van der Waals surface area contributed by atoms with E-state index in [4.69, 9.17) is 38.6 Å². The topological polar surface area (TPSA) is 427 Å². The Labute approximate surface area is 523 Å². The number of anilines is 1. The molecule has 7 heterocycles. The maximum atomic E-state index is 13.1. The molecule has 0 aliphatic carbocycles. The summed E-state index contributed by atoms with van der Waals surface area (Å²) in [6.45, 7) is 14.8. The van der Waals surface area contributed by atoms with Crippen LogP contribution in [0.15, 0.2) is 0 Å². The average Bonchev–Trinajstić information content (AvgIpc) is 1.63. The molecule has 4 atom stereocenters. The van der Waals surface area contributed by atoms with Crippen molar-refractivity contribution < 1.29 is 113 Å². The second-order valence-corrected chi connectivity index (χ2v) is 18.0. The number of hydrogen-bond acceptors (Lipinski definition) is 21. The molecule has 4 fully saturated rings. The van der Waals surface area contributed by atoms with Crippen molar-refractivity contribution in [2.24, 2.45) is 5.89 Å². The van der Waals surface area contributed by atoms with Crippen molar-refractivity contribution in [3.63, 3.8) is 0 Å². The van der Waals surface area contributed by atoms with Crippen LogP contribution in [0.1, 0.15) is 198 Å². The van der Waals surface area contributed by atoms with Gasteiger partial charge in [0.15, 0.2) is 8.39 Å². The molecular formula is C55H61ClN10O19. The minimum Gasteiger partial charge on any atom is -0.398 e. The van der Waals surface area contributed by atoms with Gasteiger partial charge in [-0.25, -0.2) is 9.59 Å². The van der Waals surface area contributed by atoms with Gasteiger partial charge in [-0.3, -0.25) is 109 Å². The van der Waals surface area contributed by atoms with Gasteiger partial charge in [-0.05, 0) is 134 Å². The summed E-state index contributed by atoms with van der Waals surface area (Å²) in [5.74, 6) is -22.3. The number of nitrogens with zero attached hydrogens (tertiary/aromatic N) is 4. The maximum Gasteiger partial charge on any atom is 0.353 e. The van der Waals surface area contributed by atoms with Crippen LogP contribution in [0.3, 0.4) is 0 Å². The Morgan fingerprint density at radius 3 is 1.35 bits per heavy atom. The van der Waals surface area contributed by atoms with Crippen molar-refractivity contribution in [3.8, 4) is 0 Å². The highest BCUT2D eigenvalue weighted by Crippen LogP contribution is 2.41. The molecule has 7 aliphatic heterocycles. The van der Waals surface area contributed by atoms with Crippen molar-refractivity contribution in [1.29, 1.82) is 1.17 Å². The third-order valence-electron chi connectivity index (χ3n) is 13.5. The van der Waals surface area contributed by atoms with Gasteiger partial charge in [0.1, 0.15) is 20.2 Å². The number of esters is 2. The highest BCUT2D eigenvalue weighted by atomic mass is 35.5. The lowest BCUT2D eigenvalue weighted by Gasteiger charge is -2.27. The van der Waals surface area contributed by atoms with Crippen LogP contribution in [0, 0.1) is 88.4 Å². The number of benzene rings is 3. The fourth-order valence-corrected chi connectivity index (χ4v) is 8.50. The first-order chi connectivity index (χ1) is 48.9. The Hall–Kier alpha value is -9.51. The van der Waals surface area contributed by atoms with E-state index in [-0.39, 0.29) is 65.2 Å². The zero-order chi connectivity index (χ0) is 85.6. The number of nitrogens with one attached hydrogen (secondary N) is 5. The fraction of sp³-hybridized carbons (Fsp3) is 0.418. The number of hydrogen-bond donors (Lipinski definition) is 6. The molecule has 7 aliphatic rings. The minimum atomic E-state index is -3.67. The van der Waals surface area contributed by atoms with E-state index in [2.05, 4.69) is 17.1 Å². The van der Waals surface area contributed by atoms with Gasteiger partial charge in [0, 0.05) is 71.5 Å². The number of halogens is 1. The van der Waals surface area contributed by atoms with Crippen molar-refractivity contribution in [2.45, 2.75) is 138 Å². The number of rotatable bonds is 5. The molecule has 0 aromatic heterocycles. The second kappa shape index (κ2) is 26.0. The molecule has 12 amide bonds. The second-order valence-electron chi connectivity index (χ2n) is 18.0. The molecule has 10 rings (SSSR count). The molecule has 85 heavy (non-hydrogen) atoms. The number of piperidine rings is 4. The van der Waals surface area contributed by atoms with Crippen LogP contribution in [0.5, 0.6) is 0 Å². The van der Waals surface area contributed by atoms with Crippen LogP contribution in [-0.2, 0) is 43.1 Å². The van der Waals surface area contributed by atoms with Crippen LogP contribution in [0.2, 0.25) is 4.24 Å².